The van der Waals surface area contributed by atoms with Crippen molar-refractivity contribution in [3.05, 3.63) is 71.0 Å². The summed E-state index contributed by atoms with van der Waals surface area (Å²) in [7, 11) is 3.43. The molecule has 0 radical (unpaired) electrons. The van der Waals surface area contributed by atoms with E-state index in [-0.39, 0.29) is 17.6 Å². The highest BCUT2D eigenvalue weighted by Gasteiger charge is 2.24. The third-order valence-electron chi connectivity index (χ3n) is 5.28. The normalized spacial score (nSPS) is 13.0. The van der Waals surface area contributed by atoms with Crippen LogP contribution in [0.4, 0.5) is 17.3 Å². The van der Waals surface area contributed by atoms with E-state index in [1.54, 1.807) is 7.11 Å². The average molecular weight is 388 g/mol. The smallest absolute Gasteiger partial charge is 0.141 e. The molecule has 4 rings (SSSR count). The number of hydrogen-bond acceptors (Lipinski definition) is 7. The number of anilines is 3. The second kappa shape index (κ2) is 7.79. The zero-order valence-electron chi connectivity index (χ0n) is 16.5. The van der Waals surface area contributed by atoms with Crippen molar-refractivity contribution < 1.29 is 4.74 Å². The number of ether oxygens (including phenoxy) is 1. The summed E-state index contributed by atoms with van der Waals surface area (Å²) in [5.41, 5.74) is 11.1. The molecule has 1 aliphatic rings. The molecule has 2 aromatic carbocycles. The van der Waals surface area contributed by atoms with Crippen LogP contribution in [0.15, 0.2) is 48.8 Å². The van der Waals surface area contributed by atoms with Gasteiger partial charge < -0.3 is 21.1 Å². The van der Waals surface area contributed by atoms with Gasteiger partial charge in [-0.15, -0.1) is 0 Å². The molecule has 148 valence electrons. The minimum Gasteiger partial charge on any atom is -0.495 e. The first-order chi connectivity index (χ1) is 14.1. The summed E-state index contributed by atoms with van der Waals surface area (Å²) in [5, 5.41) is 15.4. The molecule has 0 fully saturated rings. The number of benzene rings is 2. The number of nitrogens with two attached hydrogens (primary N) is 1. The van der Waals surface area contributed by atoms with E-state index < -0.39 is 0 Å². The van der Waals surface area contributed by atoms with E-state index in [2.05, 4.69) is 44.9 Å². The van der Waals surface area contributed by atoms with Crippen molar-refractivity contribution in [3.63, 3.8) is 0 Å². The first-order valence-electron chi connectivity index (χ1n) is 9.49. The Kier molecular flexibility index (Phi) is 5.03. The molecule has 1 heterocycles. The van der Waals surface area contributed by atoms with Crippen LogP contribution in [0.1, 0.15) is 22.3 Å². The van der Waals surface area contributed by atoms with Crippen LogP contribution < -0.4 is 21.1 Å². The second-order valence-corrected chi connectivity index (χ2v) is 7.04. The molecule has 0 aliphatic heterocycles. The maximum Gasteiger partial charge on any atom is 0.141 e. The van der Waals surface area contributed by atoms with E-state index in [4.69, 9.17) is 15.9 Å². The summed E-state index contributed by atoms with van der Waals surface area (Å²) in [5.74, 6) is 1.58. The van der Waals surface area contributed by atoms with Crippen LogP contribution in [0.3, 0.4) is 0 Å². The minimum absolute atomic E-state index is 0.206. The molecule has 7 heteroatoms. The molecular formula is C22H24N6O. The van der Waals surface area contributed by atoms with Crippen molar-refractivity contribution in [1.82, 2.24) is 9.97 Å². The van der Waals surface area contributed by atoms with Gasteiger partial charge in [0.15, 0.2) is 0 Å². The lowest BCUT2D eigenvalue weighted by atomic mass is 10.0. The summed E-state index contributed by atoms with van der Waals surface area (Å²) in [6.45, 7) is 0. The molecule has 0 spiro atoms. The third kappa shape index (κ3) is 3.59. The number of nitrogens with one attached hydrogen (secondary N) is 3. The Hall–Kier alpha value is -3.61. The first kappa shape index (κ1) is 18.7. The van der Waals surface area contributed by atoms with Crippen LogP contribution in [-0.2, 0) is 12.8 Å². The number of hydrogen-bond donors (Lipinski definition) is 4. The van der Waals surface area contributed by atoms with E-state index in [1.165, 1.54) is 17.5 Å². The summed E-state index contributed by atoms with van der Waals surface area (Å²) in [4.78, 5) is 8.53. The summed E-state index contributed by atoms with van der Waals surface area (Å²) < 4.78 is 5.35. The first-order valence-corrected chi connectivity index (χ1v) is 9.49. The van der Waals surface area contributed by atoms with Gasteiger partial charge >= 0.3 is 0 Å². The Labute approximate surface area is 169 Å². The molecule has 0 saturated heterocycles. The van der Waals surface area contributed by atoms with Gasteiger partial charge in [0.25, 0.3) is 0 Å². The lowest BCUT2D eigenvalue weighted by Crippen LogP contribution is -2.23. The maximum absolute atomic E-state index is 8.79. The Morgan fingerprint density at radius 3 is 2.52 bits per heavy atom. The number of rotatable bonds is 6. The lowest BCUT2D eigenvalue weighted by molar-refractivity contribution is 0.416. The second-order valence-electron chi connectivity index (χ2n) is 7.04. The van der Waals surface area contributed by atoms with Crippen LogP contribution in [-0.4, -0.2) is 35.9 Å². The highest BCUT2D eigenvalue weighted by Crippen LogP contribution is 2.30. The highest BCUT2D eigenvalue weighted by molar-refractivity contribution is 6.16. The minimum atomic E-state index is 0.206. The van der Waals surface area contributed by atoms with E-state index in [9.17, 15) is 0 Å². The molecule has 0 amide bonds. The molecule has 0 saturated carbocycles. The fourth-order valence-electron chi connectivity index (χ4n) is 3.81. The van der Waals surface area contributed by atoms with Crippen molar-refractivity contribution in [2.45, 2.75) is 18.9 Å². The van der Waals surface area contributed by atoms with Crippen LogP contribution in [0.2, 0.25) is 0 Å². The predicted molar refractivity (Wildman–Crippen MR) is 116 cm³/mol. The molecule has 7 nitrogen and oxygen atoms in total. The number of fused-ring (bicyclic) bond motifs is 1. The summed E-state index contributed by atoms with van der Waals surface area (Å²) in [6, 6.07) is 14.2. The van der Waals surface area contributed by atoms with Gasteiger partial charge in [0.1, 0.15) is 23.7 Å². The number of nitrogens with zero attached hydrogens (tertiary/aromatic N) is 2. The predicted octanol–water partition coefficient (Wildman–Crippen LogP) is 3.10. The number of methoxy groups -OCH3 is 1. The van der Waals surface area contributed by atoms with Gasteiger partial charge in [0, 0.05) is 18.7 Å². The Bertz CT molecular complexity index is 1040. The Morgan fingerprint density at radius 1 is 1.14 bits per heavy atom. The van der Waals surface area contributed by atoms with Crippen molar-refractivity contribution in [2.24, 2.45) is 0 Å². The van der Waals surface area contributed by atoms with E-state index in [0.717, 1.165) is 18.5 Å². The van der Waals surface area contributed by atoms with Gasteiger partial charge in [-0.1, -0.05) is 24.3 Å². The van der Waals surface area contributed by atoms with E-state index in [0.29, 0.717) is 22.7 Å². The standard InChI is InChI=1S/C22H24N6O/c1-25-17-11-15(7-8-18(17)29-2)20(23)19-21(24)26-12-27-22(19)28-16-9-13-5-3-4-6-14(13)10-16/h3-8,11-12,16,23,25H,9-10H2,1-2H3,(H3,24,26,27,28). The zero-order chi connectivity index (χ0) is 20.4. The molecule has 0 atom stereocenters. The Balaban J connectivity index is 1.64. The molecule has 0 unspecified atom stereocenters. The molecule has 3 aromatic rings. The van der Waals surface area contributed by atoms with Crippen LogP contribution in [0.25, 0.3) is 0 Å². The van der Waals surface area contributed by atoms with Gasteiger partial charge in [0.2, 0.25) is 0 Å². The Morgan fingerprint density at radius 2 is 1.86 bits per heavy atom. The third-order valence-corrected chi connectivity index (χ3v) is 5.28. The summed E-state index contributed by atoms with van der Waals surface area (Å²) >= 11 is 0. The number of aromatic nitrogens is 2. The fourth-order valence-corrected chi connectivity index (χ4v) is 3.81. The molecule has 5 N–H and O–H groups in total. The van der Waals surface area contributed by atoms with Crippen molar-refractivity contribution in [3.8, 4) is 5.75 Å². The molecular weight excluding hydrogens is 364 g/mol. The number of nitrogen functional groups attached to an aromatic ring is 1. The molecule has 1 aliphatic carbocycles. The molecule has 0 bridgehead atoms. The average Bonchev–Trinajstić information content (AvgIpc) is 3.15. The lowest BCUT2D eigenvalue weighted by Gasteiger charge is -2.18. The quantitative estimate of drug-likeness (QED) is 0.483. The van der Waals surface area contributed by atoms with Gasteiger partial charge in [-0.2, -0.15) is 0 Å². The van der Waals surface area contributed by atoms with Crippen molar-refractivity contribution >= 4 is 23.0 Å². The SMILES string of the molecule is CNc1cc(C(=N)c2c(N)ncnc2NC2Cc3ccccc3C2)ccc1OC. The van der Waals surface area contributed by atoms with Gasteiger partial charge in [-0.25, -0.2) is 9.97 Å². The van der Waals surface area contributed by atoms with Crippen molar-refractivity contribution in [2.75, 3.05) is 30.5 Å². The topological polar surface area (TPSA) is 109 Å². The molecule has 29 heavy (non-hydrogen) atoms. The monoisotopic (exact) mass is 388 g/mol. The van der Waals surface area contributed by atoms with E-state index >= 15 is 0 Å². The highest BCUT2D eigenvalue weighted by atomic mass is 16.5. The van der Waals surface area contributed by atoms with Gasteiger partial charge in [0.05, 0.1) is 24.1 Å². The fraction of sp³-hybridized carbons (Fsp3) is 0.227. The van der Waals surface area contributed by atoms with Crippen LogP contribution >= 0.6 is 0 Å². The van der Waals surface area contributed by atoms with E-state index in [1.807, 2.05) is 25.2 Å². The van der Waals surface area contributed by atoms with Crippen LogP contribution in [0, 0.1) is 5.41 Å². The van der Waals surface area contributed by atoms with Gasteiger partial charge in [-0.3, -0.25) is 5.41 Å². The maximum atomic E-state index is 8.79. The molecule has 1 aromatic heterocycles. The largest absolute Gasteiger partial charge is 0.495 e. The van der Waals surface area contributed by atoms with Crippen molar-refractivity contribution in [1.29, 1.82) is 5.41 Å². The summed E-state index contributed by atoms with van der Waals surface area (Å²) in [6.07, 6.45) is 3.27. The zero-order valence-corrected chi connectivity index (χ0v) is 16.5. The van der Waals surface area contributed by atoms with Gasteiger partial charge in [-0.05, 0) is 42.2 Å². The van der Waals surface area contributed by atoms with Crippen LogP contribution in [0.5, 0.6) is 5.75 Å².